The first-order valence-electron chi connectivity index (χ1n) is 3.46. The largest absolute Gasteiger partial charge is 0.350 e. The van der Waals surface area contributed by atoms with E-state index in [1.165, 1.54) is 0 Å². The number of azide groups is 1. The Hall–Kier alpha value is -0.770. The Morgan fingerprint density at radius 1 is 1.55 bits per heavy atom. The van der Waals surface area contributed by atoms with Crippen molar-refractivity contribution in [1.29, 1.82) is 0 Å². The van der Waals surface area contributed by atoms with Crippen LogP contribution in [-0.2, 0) is 9.47 Å². The Kier molecular flexibility index (Phi) is 2.34. The third kappa shape index (κ3) is 2.38. The fourth-order valence-corrected chi connectivity index (χ4v) is 0.823. The van der Waals surface area contributed by atoms with E-state index in [0.29, 0.717) is 13.2 Å². The number of hydrogen-bond donors (Lipinski definition) is 0. The van der Waals surface area contributed by atoms with Crippen LogP contribution in [0.2, 0.25) is 0 Å². The predicted octanol–water partition coefficient (Wildman–Crippen LogP) is 1.69. The Labute approximate surface area is 66.4 Å². The molecule has 0 aliphatic carbocycles. The topological polar surface area (TPSA) is 67.2 Å². The predicted molar refractivity (Wildman–Crippen MR) is 41.0 cm³/mol. The van der Waals surface area contributed by atoms with Gasteiger partial charge in [-0.3, -0.25) is 0 Å². The number of ether oxygens (including phenoxy) is 2. The van der Waals surface area contributed by atoms with Gasteiger partial charge in [0.1, 0.15) is 0 Å². The van der Waals surface area contributed by atoms with E-state index in [1.807, 2.05) is 13.8 Å². The number of nitrogens with zero attached hydrogens (tertiary/aromatic N) is 3. The summed E-state index contributed by atoms with van der Waals surface area (Å²) >= 11 is 0. The smallest absolute Gasteiger partial charge is 0.162 e. The summed E-state index contributed by atoms with van der Waals surface area (Å²) in [5.74, 6) is -0.526. The SMILES string of the molecule is CC1(C)OCC(N=[N+]=[N-])CO1.[2HH]. The van der Waals surface area contributed by atoms with Gasteiger partial charge >= 0.3 is 0 Å². The van der Waals surface area contributed by atoms with E-state index in [2.05, 4.69) is 10.0 Å². The first-order chi connectivity index (χ1) is 5.14. The number of hydrogen-bond acceptors (Lipinski definition) is 3. The molecule has 0 aromatic heterocycles. The van der Waals surface area contributed by atoms with E-state index in [1.54, 1.807) is 0 Å². The van der Waals surface area contributed by atoms with E-state index >= 15 is 0 Å². The molecule has 0 atom stereocenters. The van der Waals surface area contributed by atoms with E-state index in [9.17, 15) is 0 Å². The Morgan fingerprint density at radius 2 is 2.09 bits per heavy atom. The molecule has 0 saturated carbocycles. The van der Waals surface area contributed by atoms with E-state index in [-0.39, 0.29) is 7.47 Å². The summed E-state index contributed by atoms with van der Waals surface area (Å²) < 4.78 is 10.5. The molecule has 0 bridgehead atoms. The van der Waals surface area contributed by atoms with Gasteiger partial charge in [0.15, 0.2) is 5.79 Å². The van der Waals surface area contributed by atoms with Gasteiger partial charge in [-0.15, -0.1) is 0 Å². The van der Waals surface area contributed by atoms with Crippen LogP contribution in [-0.4, -0.2) is 25.0 Å². The lowest BCUT2D eigenvalue weighted by molar-refractivity contribution is -0.249. The molecule has 1 heterocycles. The molecule has 0 aromatic rings. The second kappa shape index (κ2) is 3.09. The molecule has 1 fully saturated rings. The lowest BCUT2D eigenvalue weighted by Crippen LogP contribution is -2.40. The van der Waals surface area contributed by atoms with Gasteiger partial charge in [0.25, 0.3) is 0 Å². The maximum atomic E-state index is 8.10. The summed E-state index contributed by atoms with van der Waals surface area (Å²) in [4.78, 5) is 2.67. The number of rotatable bonds is 1. The summed E-state index contributed by atoms with van der Waals surface area (Å²) in [7, 11) is 0. The highest BCUT2D eigenvalue weighted by molar-refractivity contribution is 4.72. The van der Waals surface area contributed by atoms with Gasteiger partial charge in [-0.1, -0.05) is 5.11 Å². The van der Waals surface area contributed by atoms with E-state index in [0.717, 1.165) is 0 Å². The van der Waals surface area contributed by atoms with Crippen molar-refractivity contribution in [2.45, 2.75) is 25.7 Å². The maximum absolute atomic E-state index is 8.10. The van der Waals surface area contributed by atoms with Crippen molar-refractivity contribution >= 4 is 0 Å². The third-order valence-electron chi connectivity index (χ3n) is 1.46. The molecular formula is C6H13N3O2. The zero-order valence-electron chi connectivity index (χ0n) is 6.65. The minimum Gasteiger partial charge on any atom is -0.350 e. The van der Waals surface area contributed by atoms with Gasteiger partial charge in [-0.25, -0.2) is 0 Å². The molecule has 0 aromatic carbocycles. The molecule has 0 amide bonds. The Morgan fingerprint density at radius 3 is 2.55 bits per heavy atom. The van der Waals surface area contributed by atoms with Crippen LogP contribution in [0.5, 0.6) is 0 Å². The normalized spacial score (nSPS) is 24.2. The van der Waals surface area contributed by atoms with Crippen molar-refractivity contribution in [3.8, 4) is 0 Å². The molecule has 1 saturated heterocycles. The molecule has 11 heavy (non-hydrogen) atoms. The second-order valence-corrected chi connectivity index (χ2v) is 2.88. The van der Waals surface area contributed by atoms with Crippen LogP contribution < -0.4 is 0 Å². The Bertz CT molecular complexity index is 181. The minimum absolute atomic E-state index is 0. The summed E-state index contributed by atoms with van der Waals surface area (Å²) in [6.07, 6.45) is 0. The van der Waals surface area contributed by atoms with Crippen LogP contribution >= 0.6 is 0 Å². The van der Waals surface area contributed by atoms with E-state index < -0.39 is 5.79 Å². The maximum Gasteiger partial charge on any atom is 0.162 e. The van der Waals surface area contributed by atoms with Crippen LogP contribution in [0.25, 0.3) is 10.4 Å². The molecule has 64 valence electrons. The molecule has 1 rings (SSSR count). The summed E-state index contributed by atoms with van der Waals surface area (Å²) in [6, 6.07) is -0.173. The molecule has 0 spiro atoms. The molecule has 0 unspecified atom stereocenters. The monoisotopic (exact) mass is 160 g/mol. The fraction of sp³-hybridized carbons (Fsp3) is 1.00. The molecule has 1 aliphatic rings. The first-order valence-corrected chi connectivity index (χ1v) is 3.46. The van der Waals surface area contributed by atoms with Crippen molar-refractivity contribution in [2.24, 2.45) is 5.11 Å². The van der Waals surface area contributed by atoms with Gasteiger partial charge < -0.3 is 9.47 Å². The van der Waals surface area contributed by atoms with Gasteiger partial charge in [0, 0.05) is 6.34 Å². The fourth-order valence-electron chi connectivity index (χ4n) is 0.823. The van der Waals surface area contributed by atoms with E-state index in [4.69, 9.17) is 15.0 Å². The van der Waals surface area contributed by atoms with Crippen LogP contribution in [0.3, 0.4) is 0 Å². The Balaban J connectivity index is 0.00000121. The summed E-state index contributed by atoms with van der Waals surface area (Å²) in [5.41, 5.74) is 8.10. The third-order valence-corrected chi connectivity index (χ3v) is 1.46. The van der Waals surface area contributed by atoms with Crippen molar-refractivity contribution in [1.82, 2.24) is 0 Å². The molecule has 0 N–H and O–H groups in total. The van der Waals surface area contributed by atoms with Crippen molar-refractivity contribution < 1.29 is 10.9 Å². The van der Waals surface area contributed by atoms with Crippen LogP contribution in [0.4, 0.5) is 0 Å². The highest BCUT2D eigenvalue weighted by Gasteiger charge is 2.27. The summed E-state index contributed by atoms with van der Waals surface area (Å²) in [6.45, 7) is 4.55. The molecular weight excluding hydrogens is 146 g/mol. The molecule has 0 radical (unpaired) electrons. The highest BCUT2D eigenvalue weighted by Crippen LogP contribution is 2.18. The van der Waals surface area contributed by atoms with Crippen LogP contribution in [0, 0.1) is 0 Å². The highest BCUT2D eigenvalue weighted by atomic mass is 16.7. The first kappa shape index (κ1) is 8.33. The summed E-state index contributed by atoms with van der Waals surface area (Å²) in [5, 5.41) is 3.48. The van der Waals surface area contributed by atoms with Gasteiger partial charge in [0.05, 0.1) is 19.3 Å². The molecule has 5 nitrogen and oxygen atoms in total. The average molecular weight is 160 g/mol. The lowest BCUT2D eigenvalue weighted by Gasteiger charge is -2.33. The zero-order valence-corrected chi connectivity index (χ0v) is 6.65. The van der Waals surface area contributed by atoms with Gasteiger partial charge in [-0.2, -0.15) is 0 Å². The second-order valence-electron chi connectivity index (χ2n) is 2.88. The van der Waals surface area contributed by atoms with Crippen molar-refractivity contribution in [3.05, 3.63) is 10.4 Å². The standard InChI is InChI=1S/C6H11N3O2.H2/c1-6(2)10-3-5(4-11-6)8-9-7;/h5H,3-4H2,1-2H3;1H/i;1+1. The molecule has 5 heteroatoms. The van der Waals surface area contributed by atoms with Crippen LogP contribution in [0.15, 0.2) is 5.11 Å². The van der Waals surface area contributed by atoms with Gasteiger partial charge in [-0.05, 0) is 19.4 Å². The average Bonchev–Trinajstić information content (AvgIpc) is 1.94. The molecule has 1 aliphatic heterocycles. The lowest BCUT2D eigenvalue weighted by atomic mass is 10.3. The van der Waals surface area contributed by atoms with Crippen LogP contribution in [0.1, 0.15) is 15.3 Å². The van der Waals surface area contributed by atoms with Crippen molar-refractivity contribution in [3.63, 3.8) is 0 Å². The quantitative estimate of drug-likeness (QED) is 0.333. The zero-order chi connectivity index (χ0) is 8.32. The van der Waals surface area contributed by atoms with Crippen molar-refractivity contribution in [2.75, 3.05) is 13.2 Å². The van der Waals surface area contributed by atoms with Gasteiger partial charge in [0.2, 0.25) is 0 Å². The minimum atomic E-state index is -0.526.